The molecule has 0 saturated heterocycles. The summed E-state index contributed by atoms with van der Waals surface area (Å²) in [5.74, 6) is 0.384. The SMILES string of the molecule is COc1ncccc1NC(=O)NC(C)Cc1c(C)nn(C)c1C. The minimum atomic E-state index is -0.289. The summed E-state index contributed by atoms with van der Waals surface area (Å²) in [5.41, 5.74) is 3.81. The summed E-state index contributed by atoms with van der Waals surface area (Å²) >= 11 is 0. The number of hydrogen-bond acceptors (Lipinski definition) is 4. The second kappa shape index (κ2) is 7.13. The molecule has 124 valence electrons. The van der Waals surface area contributed by atoms with E-state index in [-0.39, 0.29) is 12.1 Å². The van der Waals surface area contributed by atoms with E-state index in [0.29, 0.717) is 11.6 Å². The zero-order valence-corrected chi connectivity index (χ0v) is 14.2. The van der Waals surface area contributed by atoms with Crippen LogP contribution in [0.15, 0.2) is 18.3 Å². The lowest BCUT2D eigenvalue weighted by atomic mass is 10.1. The van der Waals surface area contributed by atoms with Crippen molar-refractivity contribution in [2.75, 3.05) is 12.4 Å². The van der Waals surface area contributed by atoms with Crippen LogP contribution in [0.3, 0.4) is 0 Å². The van der Waals surface area contributed by atoms with E-state index in [1.54, 1.807) is 18.3 Å². The molecule has 2 heterocycles. The molecule has 0 aliphatic heterocycles. The first-order valence-electron chi connectivity index (χ1n) is 7.48. The molecule has 1 atom stereocenters. The molecule has 23 heavy (non-hydrogen) atoms. The summed E-state index contributed by atoms with van der Waals surface area (Å²) in [5, 5.41) is 10.1. The molecule has 0 spiro atoms. The van der Waals surface area contributed by atoms with Gasteiger partial charge in [-0.3, -0.25) is 4.68 Å². The maximum Gasteiger partial charge on any atom is 0.319 e. The van der Waals surface area contributed by atoms with Gasteiger partial charge in [0.1, 0.15) is 5.69 Å². The Balaban J connectivity index is 1.97. The van der Waals surface area contributed by atoms with Crippen molar-refractivity contribution < 1.29 is 9.53 Å². The Morgan fingerprint density at radius 2 is 2.17 bits per heavy atom. The predicted molar refractivity (Wildman–Crippen MR) is 88.8 cm³/mol. The van der Waals surface area contributed by atoms with Crippen molar-refractivity contribution >= 4 is 11.7 Å². The smallest absolute Gasteiger partial charge is 0.319 e. The van der Waals surface area contributed by atoms with Gasteiger partial charge in [-0.2, -0.15) is 5.10 Å². The fourth-order valence-electron chi connectivity index (χ4n) is 2.50. The first kappa shape index (κ1) is 16.8. The van der Waals surface area contributed by atoms with Crippen molar-refractivity contribution in [1.29, 1.82) is 0 Å². The number of pyridine rings is 1. The molecule has 0 bridgehead atoms. The molecule has 2 N–H and O–H groups in total. The van der Waals surface area contributed by atoms with Crippen molar-refractivity contribution in [3.05, 3.63) is 35.3 Å². The lowest BCUT2D eigenvalue weighted by molar-refractivity contribution is 0.249. The second-order valence-electron chi connectivity index (χ2n) is 5.54. The Morgan fingerprint density at radius 3 is 2.78 bits per heavy atom. The van der Waals surface area contributed by atoms with Gasteiger partial charge in [-0.1, -0.05) is 0 Å². The summed E-state index contributed by atoms with van der Waals surface area (Å²) in [4.78, 5) is 16.2. The van der Waals surface area contributed by atoms with E-state index in [1.165, 1.54) is 12.7 Å². The molecule has 0 aliphatic rings. The maximum atomic E-state index is 12.1. The van der Waals surface area contributed by atoms with Crippen LogP contribution >= 0.6 is 0 Å². The molecule has 0 aromatic carbocycles. The molecule has 2 aromatic rings. The third-order valence-electron chi connectivity index (χ3n) is 3.76. The zero-order valence-electron chi connectivity index (χ0n) is 14.2. The monoisotopic (exact) mass is 317 g/mol. The van der Waals surface area contributed by atoms with Crippen LogP contribution in [0, 0.1) is 13.8 Å². The molecular formula is C16H23N5O2. The number of aryl methyl sites for hydroxylation is 2. The first-order chi connectivity index (χ1) is 10.9. The minimum Gasteiger partial charge on any atom is -0.480 e. The van der Waals surface area contributed by atoms with Crippen molar-refractivity contribution in [2.45, 2.75) is 33.2 Å². The van der Waals surface area contributed by atoms with Gasteiger partial charge in [0.25, 0.3) is 0 Å². The highest BCUT2D eigenvalue weighted by Gasteiger charge is 2.15. The van der Waals surface area contributed by atoms with Crippen LogP contribution in [0.5, 0.6) is 5.88 Å². The third-order valence-corrected chi connectivity index (χ3v) is 3.76. The van der Waals surface area contributed by atoms with Gasteiger partial charge in [-0.05, 0) is 44.9 Å². The van der Waals surface area contributed by atoms with Crippen molar-refractivity contribution in [3.63, 3.8) is 0 Å². The number of aromatic nitrogens is 3. The number of anilines is 1. The van der Waals surface area contributed by atoms with Gasteiger partial charge in [-0.25, -0.2) is 9.78 Å². The third kappa shape index (κ3) is 4.00. The highest BCUT2D eigenvalue weighted by molar-refractivity contribution is 5.90. The maximum absolute atomic E-state index is 12.1. The minimum absolute atomic E-state index is 0.0285. The lowest BCUT2D eigenvalue weighted by Gasteiger charge is -2.15. The molecule has 2 aromatic heterocycles. The Hall–Kier alpha value is -2.57. The van der Waals surface area contributed by atoms with Crippen LogP contribution in [0.1, 0.15) is 23.9 Å². The highest BCUT2D eigenvalue weighted by atomic mass is 16.5. The van der Waals surface area contributed by atoms with Gasteiger partial charge < -0.3 is 15.4 Å². The van der Waals surface area contributed by atoms with Crippen molar-refractivity contribution in [2.24, 2.45) is 7.05 Å². The van der Waals surface area contributed by atoms with Crippen LogP contribution < -0.4 is 15.4 Å². The zero-order chi connectivity index (χ0) is 17.0. The Kier molecular flexibility index (Phi) is 5.20. The van der Waals surface area contributed by atoms with Crippen LogP contribution in [-0.2, 0) is 13.5 Å². The molecule has 7 nitrogen and oxygen atoms in total. The number of methoxy groups -OCH3 is 1. The molecule has 7 heteroatoms. The van der Waals surface area contributed by atoms with Crippen molar-refractivity contribution in [1.82, 2.24) is 20.1 Å². The summed E-state index contributed by atoms with van der Waals surface area (Å²) in [6.07, 6.45) is 2.33. The van der Waals surface area contributed by atoms with E-state index in [1.807, 2.05) is 32.5 Å². The van der Waals surface area contributed by atoms with Crippen LogP contribution in [0.2, 0.25) is 0 Å². The van der Waals surface area contributed by atoms with Crippen LogP contribution in [0.25, 0.3) is 0 Å². The molecule has 2 amide bonds. The first-order valence-corrected chi connectivity index (χ1v) is 7.48. The Bertz CT molecular complexity index is 696. The van der Waals surface area contributed by atoms with Gasteiger partial charge in [-0.15, -0.1) is 0 Å². The normalized spacial score (nSPS) is 11.9. The van der Waals surface area contributed by atoms with Crippen molar-refractivity contribution in [3.8, 4) is 5.88 Å². The molecule has 0 saturated carbocycles. The van der Waals surface area contributed by atoms with Gasteiger partial charge >= 0.3 is 6.03 Å². The highest BCUT2D eigenvalue weighted by Crippen LogP contribution is 2.19. The van der Waals surface area contributed by atoms with E-state index in [9.17, 15) is 4.79 Å². The molecular weight excluding hydrogens is 294 g/mol. The Morgan fingerprint density at radius 1 is 1.43 bits per heavy atom. The molecule has 0 aliphatic carbocycles. The predicted octanol–water partition coefficient (Wildman–Crippen LogP) is 2.19. The van der Waals surface area contributed by atoms with E-state index < -0.39 is 0 Å². The van der Waals surface area contributed by atoms with E-state index in [2.05, 4.69) is 20.7 Å². The fourth-order valence-corrected chi connectivity index (χ4v) is 2.50. The summed E-state index contributed by atoms with van der Waals surface area (Å²) in [7, 11) is 3.44. The largest absolute Gasteiger partial charge is 0.480 e. The number of carbonyl (C=O) groups excluding carboxylic acids is 1. The molecule has 1 unspecified atom stereocenters. The van der Waals surface area contributed by atoms with Gasteiger partial charge in [0, 0.05) is 25.0 Å². The average Bonchev–Trinajstić information content (AvgIpc) is 2.74. The standard InChI is InChI=1S/C16H23N5O2/c1-10(9-13-11(2)20-21(4)12(13)3)18-16(22)19-14-7-6-8-17-15(14)23-5/h6-8,10H,9H2,1-5H3,(H2,18,19,22). The molecule has 0 radical (unpaired) electrons. The number of nitrogens with one attached hydrogen (secondary N) is 2. The summed E-state index contributed by atoms with van der Waals surface area (Å²) in [6.45, 7) is 5.98. The molecule has 2 rings (SSSR count). The lowest BCUT2D eigenvalue weighted by Crippen LogP contribution is -2.37. The van der Waals surface area contributed by atoms with E-state index in [0.717, 1.165) is 17.8 Å². The van der Waals surface area contributed by atoms with Crippen LogP contribution in [0.4, 0.5) is 10.5 Å². The quantitative estimate of drug-likeness (QED) is 0.886. The van der Waals surface area contributed by atoms with Gasteiger partial charge in [0.2, 0.25) is 5.88 Å². The topological polar surface area (TPSA) is 81.1 Å². The van der Waals surface area contributed by atoms with Crippen LogP contribution in [-0.4, -0.2) is 33.9 Å². The number of amides is 2. The van der Waals surface area contributed by atoms with Gasteiger partial charge in [0.05, 0.1) is 12.8 Å². The number of nitrogens with zero attached hydrogens (tertiary/aromatic N) is 3. The number of urea groups is 1. The summed E-state index contributed by atoms with van der Waals surface area (Å²) < 4.78 is 6.98. The van der Waals surface area contributed by atoms with Gasteiger partial charge in [0.15, 0.2) is 0 Å². The number of rotatable bonds is 5. The molecule has 0 fully saturated rings. The Labute approximate surface area is 136 Å². The van der Waals surface area contributed by atoms with E-state index in [4.69, 9.17) is 4.74 Å². The number of ether oxygens (including phenoxy) is 1. The fraction of sp³-hybridized carbons (Fsp3) is 0.438. The van der Waals surface area contributed by atoms with E-state index >= 15 is 0 Å². The number of carbonyl (C=O) groups is 1. The second-order valence-corrected chi connectivity index (χ2v) is 5.54. The summed E-state index contributed by atoms with van der Waals surface area (Å²) in [6, 6.07) is 3.16. The average molecular weight is 317 g/mol. The number of hydrogen-bond donors (Lipinski definition) is 2.